The minimum absolute atomic E-state index is 0.247. The van der Waals surface area contributed by atoms with Crippen molar-refractivity contribution in [1.29, 1.82) is 0 Å². The molecule has 0 atom stereocenters. The summed E-state index contributed by atoms with van der Waals surface area (Å²) in [4.78, 5) is 8.45. The molecule has 0 aliphatic carbocycles. The molecule has 0 saturated heterocycles. The van der Waals surface area contributed by atoms with E-state index in [1.165, 1.54) is 0 Å². The topological polar surface area (TPSA) is 25.8 Å². The van der Waals surface area contributed by atoms with Gasteiger partial charge in [-0.05, 0) is 0 Å². The van der Waals surface area contributed by atoms with Gasteiger partial charge >= 0.3 is 110 Å². The van der Waals surface area contributed by atoms with Crippen molar-refractivity contribution in [2.45, 2.75) is 5.32 Å². The number of fused-ring (bicyclic) bond motifs is 1. The normalized spacial score (nSPS) is 10.6. The molecule has 0 bridgehead atoms. The van der Waals surface area contributed by atoms with Gasteiger partial charge in [0.25, 0.3) is 0 Å². The number of nitrogens with zero attached hydrogens (tertiary/aromatic N) is 2. The Hall–Kier alpha value is -0.601. The van der Waals surface area contributed by atoms with E-state index in [0.717, 1.165) is 20.8 Å². The number of aromatic nitrogens is 2. The monoisotopic (exact) mass is 318 g/mol. The molecule has 0 amide bonds. The van der Waals surface area contributed by atoms with Crippen LogP contribution in [0.5, 0.6) is 0 Å². The third kappa shape index (κ3) is 2.38. The molecule has 0 radical (unpaired) electrons. The molecule has 1 aromatic carbocycles. The van der Waals surface area contributed by atoms with Crippen molar-refractivity contribution >= 4 is 53.7 Å². The van der Waals surface area contributed by atoms with Crippen LogP contribution in [0.3, 0.4) is 0 Å². The van der Waals surface area contributed by atoms with Gasteiger partial charge in [-0.25, -0.2) is 0 Å². The van der Waals surface area contributed by atoms with Crippen LogP contribution in [-0.2, 0) is 0 Å². The molecule has 0 unspecified atom stereocenters. The van der Waals surface area contributed by atoms with E-state index in [0.29, 0.717) is 10.0 Å². The molecular formula is C11H8Cl2N2Se. The fraction of sp³-hybridized carbons (Fsp3) is 0.0909. The van der Waals surface area contributed by atoms with Crippen LogP contribution in [0.15, 0.2) is 31.1 Å². The van der Waals surface area contributed by atoms with Gasteiger partial charge in [0.05, 0.1) is 0 Å². The quantitative estimate of drug-likeness (QED) is 0.642. The van der Waals surface area contributed by atoms with Gasteiger partial charge in [-0.15, -0.1) is 0 Å². The fourth-order valence-corrected chi connectivity index (χ4v) is 3.35. The first-order valence-electron chi connectivity index (χ1n) is 4.56. The van der Waals surface area contributed by atoms with E-state index in [1.807, 2.05) is 12.1 Å². The van der Waals surface area contributed by atoms with Gasteiger partial charge in [0.1, 0.15) is 0 Å². The van der Waals surface area contributed by atoms with Gasteiger partial charge in [-0.3, -0.25) is 0 Å². The SMILES string of the molecule is C=CC[Se]c1ncnc2c(Cl)cc(Cl)cc12. The van der Waals surface area contributed by atoms with Crippen LogP contribution in [0.2, 0.25) is 15.4 Å². The summed E-state index contributed by atoms with van der Waals surface area (Å²) in [5.74, 6) is 0. The van der Waals surface area contributed by atoms with E-state index < -0.39 is 0 Å². The molecule has 0 aliphatic rings. The zero-order valence-corrected chi connectivity index (χ0v) is 11.5. The van der Waals surface area contributed by atoms with Gasteiger partial charge in [-0.2, -0.15) is 0 Å². The van der Waals surface area contributed by atoms with Gasteiger partial charge in [-0.1, -0.05) is 0 Å². The Morgan fingerprint density at radius 1 is 1.31 bits per heavy atom. The zero-order valence-electron chi connectivity index (χ0n) is 8.28. The second-order valence-electron chi connectivity index (χ2n) is 3.06. The third-order valence-electron chi connectivity index (χ3n) is 1.96. The van der Waals surface area contributed by atoms with Crippen LogP contribution >= 0.6 is 23.2 Å². The summed E-state index contributed by atoms with van der Waals surface area (Å²) in [5.41, 5.74) is 0.766. The van der Waals surface area contributed by atoms with Crippen LogP contribution in [-0.4, -0.2) is 24.9 Å². The van der Waals surface area contributed by atoms with Crippen molar-refractivity contribution in [3.8, 4) is 0 Å². The Labute approximate surface area is 110 Å². The molecule has 0 saturated carbocycles. The van der Waals surface area contributed by atoms with Crippen LogP contribution < -0.4 is 4.59 Å². The maximum atomic E-state index is 6.08. The van der Waals surface area contributed by atoms with Crippen LogP contribution in [0.25, 0.3) is 10.9 Å². The van der Waals surface area contributed by atoms with Crippen molar-refractivity contribution in [2.24, 2.45) is 0 Å². The molecule has 1 heterocycles. The van der Waals surface area contributed by atoms with Crippen LogP contribution in [0.1, 0.15) is 0 Å². The Morgan fingerprint density at radius 3 is 2.88 bits per heavy atom. The summed E-state index contributed by atoms with van der Waals surface area (Å²) in [6.07, 6.45) is 3.43. The average Bonchev–Trinajstić information content (AvgIpc) is 2.26. The Balaban J connectivity index is 2.61. The van der Waals surface area contributed by atoms with E-state index in [4.69, 9.17) is 23.2 Å². The van der Waals surface area contributed by atoms with Gasteiger partial charge in [0.2, 0.25) is 0 Å². The molecule has 82 valence electrons. The predicted octanol–water partition coefficient (Wildman–Crippen LogP) is 2.87. The number of hydrogen-bond donors (Lipinski definition) is 0. The summed E-state index contributed by atoms with van der Waals surface area (Å²) >= 11 is 12.3. The number of allylic oxidation sites excluding steroid dienone is 1. The van der Waals surface area contributed by atoms with Crippen molar-refractivity contribution in [2.75, 3.05) is 0 Å². The number of halogens is 2. The summed E-state index contributed by atoms with van der Waals surface area (Å²) in [5, 5.41) is 3.06. The molecule has 2 rings (SSSR count). The third-order valence-corrected chi connectivity index (χ3v) is 4.57. The Morgan fingerprint density at radius 2 is 2.12 bits per heavy atom. The molecule has 5 heteroatoms. The van der Waals surface area contributed by atoms with Crippen LogP contribution in [0, 0.1) is 0 Å². The van der Waals surface area contributed by atoms with Gasteiger partial charge in [0.15, 0.2) is 0 Å². The predicted molar refractivity (Wildman–Crippen MR) is 70.0 cm³/mol. The molecule has 0 fully saturated rings. The standard InChI is InChI=1S/C11H8Cl2N2Se/c1-2-3-16-11-8-4-7(12)5-9(13)10(8)14-6-15-11/h2,4-6H,1,3H2. The van der Waals surface area contributed by atoms with Crippen LogP contribution in [0.4, 0.5) is 0 Å². The molecule has 2 aromatic rings. The second-order valence-corrected chi connectivity index (χ2v) is 6.02. The minimum atomic E-state index is 0.247. The van der Waals surface area contributed by atoms with Crippen molar-refractivity contribution in [3.63, 3.8) is 0 Å². The first kappa shape index (κ1) is 11.9. The molecule has 0 N–H and O–H groups in total. The number of rotatable bonds is 3. The molecule has 16 heavy (non-hydrogen) atoms. The van der Waals surface area contributed by atoms with E-state index in [2.05, 4.69) is 16.5 Å². The van der Waals surface area contributed by atoms with E-state index >= 15 is 0 Å². The molecule has 0 spiro atoms. The summed E-state index contributed by atoms with van der Waals surface area (Å²) in [7, 11) is 0. The summed E-state index contributed by atoms with van der Waals surface area (Å²) in [6.45, 7) is 3.71. The van der Waals surface area contributed by atoms with Crippen molar-refractivity contribution in [1.82, 2.24) is 9.97 Å². The van der Waals surface area contributed by atoms with E-state index in [1.54, 1.807) is 12.4 Å². The Kier molecular flexibility index (Phi) is 3.82. The fourth-order valence-electron chi connectivity index (χ4n) is 1.32. The van der Waals surface area contributed by atoms with Crippen molar-refractivity contribution in [3.05, 3.63) is 41.2 Å². The molecule has 1 aromatic heterocycles. The number of benzene rings is 1. The average molecular weight is 318 g/mol. The summed E-state index contributed by atoms with van der Waals surface area (Å²) < 4.78 is 1.02. The van der Waals surface area contributed by atoms with Gasteiger partial charge in [0, 0.05) is 0 Å². The summed E-state index contributed by atoms with van der Waals surface area (Å²) in [6, 6.07) is 3.56. The molecule has 0 aliphatic heterocycles. The van der Waals surface area contributed by atoms with E-state index in [9.17, 15) is 0 Å². The second kappa shape index (κ2) is 5.15. The molecular weight excluding hydrogens is 310 g/mol. The maximum absolute atomic E-state index is 6.08. The van der Waals surface area contributed by atoms with E-state index in [-0.39, 0.29) is 15.0 Å². The first-order chi connectivity index (χ1) is 7.72. The zero-order chi connectivity index (χ0) is 11.5. The first-order valence-corrected chi connectivity index (χ1v) is 7.38. The van der Waals surface area contributed by atoms with Crippen molar-refractivity contribution < 1.29 is 0 Å². The Bertz CT molecular complexity index is 543. The van der Waals surface area contributed by atoms with Gasteiger partial charge < -0.3 is 0 Å². The molecule has 2 nitrogen and oxygen atoms in total. The number of hydrogen-bond acceptors (Lipinski definition) is 2.